The van der Waals surface area contributed by atoms with Gasteiger partial charge in [-0.2, -0.15) is 0 Å². The highest BCUT2D eigenvalue weighted by Crippen LogP contribution is 2.39. The van der Waals surface area contributed by atoms with E-state index in [0.29, 0.717) is 0 Å². The van der Waals surface area contributed by atoms with Gasteiger partial charge in [-0.3, -0.25) is 9.59 Å². The lowest BCUT2D eigenvalue weighted by molar-refractivity contribution is -0.151. The second-order valence-electron chi connectivity index (χ2n) is 13.0. The van der Waals surface area contributed by atoms with Gasteiger partial charge < -0.3 is 18.8 Å². The fraction of sp³-hybridized carbons (Fsp3) is 0.867. The summed E-state index contributed by atoms with van der Waals surface area (Å²) in [6.07, 6.45) is 14.7. The molecule has 0 atom stereocenters. The molecule has 1 heterocycles. The van der Waals surface area contributed by atoms with Crippen molar-refractivity contribution in [3.8, 4) is 0 Å². The Morgan fingerprint density at radius 3 is 1.54 bits per heavy atom. The van der Waals surface area contributed by atoms with Crippen molar-refractivity contribution < 1.29 is 28.4 Å². The van der Waals surface area contributed by atoms with E-state index in [1.165, 1.54) is 19.7 Å². The summed E-state index contributed by atoms with van der Waals surface area (Å²) in [5.74, 6) is -0.264. The number of unbranched alkanes of at least 4 members (excludes halogenated alkanes) is 7. The third kappa shape index (κ3) is 10.7. The molecular weight excluding hydrogens is 467 g/mol. The van der Waals surface area contributed by atoms with Gasteiger partial charge in [0.15, 0.2) is 0 Å². The lowest BCUT2D eigenvalue weighted by atomic mass is 9.74. The zero-order valence-corrected chi connectivity index (χ0v) is 25.6. The SMILES string of the molecule is COC(=O)C(C)(C)CCCCCC/C=C(\CCCCCCC(C)(C)C(=O)OC)B1OC(C)(C)C(C)(C)O1. The van der Waals surface area contributed by atoms with Crippen molar-refractivity contribution in [1.29, 1.82) is 0 Å². The van der Waals surface area contributed by atoms with Crippen molar-refractivity contribution in [3.05, 3.63) is 11.5 Å². The molecule has 0 aromatic heterocycles. The summed E-state index contributed by atoms with van der Waals surface area (Å²) in [5, 5.41) is 0. The predicted octanol–water partition coefficient (Wildman–Crippen LogP) is 7.62. The Morgan fingerprint density at radius 1 is 0.703 bits per heavy atom. The van der Waals surface area contributed by atoms with Gasteiger partial charge in [0.05, 0.1) is 36.3 Å². The molecule has 0 N–H and O–H groups in total. The first-order valence-corrected chi connectivity index (χ1v) is 14.3. The average Bonchev–Trinajstić information content (AvgIpc) is 3.04. The number of carbonyl (C=O) groups is 2. The van der Waals surface area contributed by atoms with Crippen LogP contribution in [-0.2, 0) is 28.4 Å². The minimum atomic E-state index is -0.419. The van der Waals surface area contributed by atoms with E-state index in [4.69, 9.17) is 18.8 Å². The maximum atomic E-state index is 11.9. The zero-order valence-electron chi connectivity index (χ0n) is 25.6. The molecule has 1 aliphatic heterocycles. The Labute approximate surface area is 227 Å². The van der Waals surface area contributed by atoms with Crippen LogP contribution >= 0.6 is 0 Å². The molecular formula is C30H55BO6. The molecule has 0 saturated carbocycles. The molecule has 0 amide bonds. The Kier molecular flexibility index (Phi) is 13.4. The number of esters is 2. The smallest absolute Gasteiger partial charge is 0.469 e. The molecule has 1 saturated heterocycles. The number of carbonyl (C=O) groups excluding carboxylic acids is 2. The van der Waals surface area contributed by atoms with E-state index in [9.17, 15) is 9.59 Å². The first kappa shape index (κ1) is 33.7. The fourth-order valence-corrected chi connectivity index (χ4v) is 4.67. The predicted molar refractivity (Wildman–Crippen MR) is 151 cm³/mol. The number of ether oxygens (including phenoxy) is 2. The molecule has 0 spiro atoms. The summed E-state index contributed by atoms with van der Waals surface area (Å²) in [7, 11) is 2.63. The monoisotopic (exact) mass is 522 g/mol. The molecule has 1 rings (SSSR count). The Bertz CT molecular complexity index is 737. The molecule has 214 valence electrons. The number of hydrogen-bond donors (Lipinski definition) is 0. The second-order valence-corrected chi connectivity index (χ2v) is 13.0. The van der Waals surface area contributed by atoms with E-state index < -0.39 is 10.8 Å². The van der Waals surface area contributed by atoms with E-state index in [0.717, 1.165) is 77.0 Å². The van der Waals surface area contributed by atoms with Gasteiger partial charge in [-0.15, -0.1) is 0 Å². The van der Waals surface area contributed by atoms with Crippen molar-refractivity contribution >= 4 is 19.1 Å². The topological polar surface area (TPSA) is 71.1 Å². The Hall–Kier alpha value is -1.34. The van der Waals surface area contributed by atoms with Gasteiger partial charge >= 0.3 is 19.1 Å². The van der Waals surface area contributed by atoms with Gasteiger partial charge in [0.2, 0.25) is 0 Å². The van der Waals surface area contributed by atoms with Crippen molar-refractivity contribution in [2.24, 2.45) is 10.8 Å². The van der Waals surface area contributed by atoms with E-state index in [1.54, 1.807) is 0 Å². The van der Waals surface area contributed by atoms with Crippen LogP contribution in [0.1, 0.15) is 132 Å². The summed E-state index contributed by atoms with van der Waals surface area (Å²) < 4.78 is 22.6. The summed E-state index contributed by atoms with van der Waals surface area (Å²) in [5.41, 5.74) is -0.267. The number of allylic oxidation sites excluding steroid dienone is 2. The number of methoxy groups -OCH3 is 2. The van der Waals surface area contributed by atoms with Crippen molar-refractivity contribution in [3.63, 3.8) is 0 Å². The quantitative estimate of drug-likeness (QED) is 0.111. The third-order valence-electron chi connectivity index (χ3n) is 8.21. The van der Waals surface area contributed by atoms with E-state index in [-0.39, 0.29) is 30.3 Å². The summed E-state index contributed by atoms with van der Waals surface area (Å²) in [6.45, 7) is 16.2. The maximum absolute atomic E-state index is 11.9. The van der Waals surface area contributed by atoms with Crippen molar-refractivity contribution in [2.45, 2.75) is 144 Å². The van der Waals surface area contributed by atoms with Crippen LogP contribution < -0.4 is 0 Å². The zero-order chi connectivity index (χ0) is 28.3. The van der Waals surface area contributed by atoms with Crippen LogP contribution in [0.3, 0.4) is 0 Å². The Balaban J connectivity index is 2.54. The third-order valence-corrected chi connectivity index (χ3v) is 8.21. The summed E-state index contributed by atoms with van der Waals surface area (Å²) in [4.78, 5) is 23.7. The first-order chi connectivity index (χ1) is 17.1. The molecule has 7 heteroatoms. The molecule has 0 radical (unpaired) electrons. The molecule has 1 fully saturated rings. The van der Waals surface area contributed by atoms with Gasteiger partial charge in [-0.1, -0.05) is 51.0 Å². The minimum Gasteiger partial charge on any atom is -0.469 e. The molecule has 37 heavy (non-hydrogen) atoms. The van der Waals surface area contributed by atoms with Crippen LogP contribution in [-0.4, -0.2) is 44.5 Å². The summed E-state index contributed by atoms with van der Waals surface area (Å²) >= 11 is 0. The van der Waals surface area contributed by atoms with Gasteiger partial charge in [-0.25, -0.2) is 0 Å². The standard InChI is InChI=1S/C30H55BO6/c1-27(2,25(32)34-9)22-18-14-11-12-16-20-24(31-36-29(5,6)30(7,8)37-31)21-17-13-15-19-23-28(3,4)26(33)35-10/h20H,11-19,21-23H2,1-10H3/b24-20+. The lowest BCUT2D eigenvalue weighted by Crippen LogP contribution is -2.41. The molecule has 0 unspecified atom stereocenters. The molecule has 0 aromatic carbocycles. The Morgan fingerprint density at radius 2 is 1.11 bits per heavy atom. The van der Waals surface area contributed by atoms with Crippen LogP contribution in [0.5, 0.6) is 0 Å². The van der Waals surface area contributed by atoms with Gasteiger partial charge in [-0.05, 0) is 93.0 Å². The first-order valence-electron chi connectivity index (χ1n) is 14.3. The van der Waals surface area contributed by atoms with Crippen molar-refractivity contribution in [2.75, 3.05) is 14.2 Å². The van der Waals surface area contributed by atoms with E-state index in [1.807, 2.05) is 27.7 Å². The van der Waals surface area contributed by atoms with Gasteiger partial charge in [0.1, 0.15) is 0 Å². The average molecular weight is 523 g/mol. The van der Waals surface area contributed by atoms with Crippen LogP contribution in [0, 0.1) is 10.8 Å². The molecule has 0 aliphatic carbocycles. The molecule has 6 nitrogen and oxygen atoms in total. The van der Waals surface area contributed by atoms with Gasteiger partial charge in [0.25, 0.3) is 0 Å². The molecule has 1 aliphatic rings. The van der Waals surface area contributed by atoms with Crippen LogP contribution in [0.15, 0.2) is 11.5 Å². The van der Waals surface area contributed by atoms with Gasteiger partial charge in [0, 0.05) is 0 Å². The van der Waals surface area contributed by atoms with E-state index in [2.05, 4.69) is 33.8 Å². The maximum Gasteiger partial charge on any atom is 0.490 e. The highest BCUT2D eigenvalue weighted by Gasteiger charge is 2.52. The van der Waals surface area contributed by atoms with Crippen LogP contribution in [0.4, 0.5) is 0 Å². The lowest BCUT2D eigenvalue weighted by Gasteiger charge is -2.32. The van der Waals surface area contributed by atoms with Crippen LogP contribution in [0.25, 0.3) is 0 Å². The summed E-state index contributed by atoms with van der Waals surface area (Å²) in [6, 6.07) is 0. The fourth-order valence-electron chi connectivity index (χ4n) is 4.67. The number of hydrogen-bond acceptors (Lipinski definition) is 6. The van der Waals surface area contributed by atoms with E-state index >= 15 is 0 Å². The van der Waals surface area contributed by atoms with Crippen molar-refractivity contribution in [1.82, 2.24) is 0 Å². The molecule has 0 aromatic rings. The highest BCUT2D eigenvalue weighted by molar-refractivity contribution is 6.54. The number of rotatable bonds is 17. The highest BCUT2D eigenvalue weighted by atomic mass is 16.7. The second kappa shape index (κ2) is 14.7. The van der Waals surface area contributed by atoms with Crippen LogP contribution in [0.2, 0.25) is 0 Å². The minimum absolute atomic E-state index is 0.130. The normalized spacial score (nSPS) is 17.7. The molecule has 0 bridgehead atoms. The largest absolute Gasteiger partial charge is 0.490 e.